The Morgan fingerprint density at radius 3 is 2.22 bits per heavy atom. The summed E-state index contributed by atoms with van der Waals surface area (Å²) in [6.07, 6.45) is 18.4. The number of nitrogens with zero attached hydrogens (tertiary/aromatic N) is 1. The van der Waals surface area contributed by atoms with Crippen molar-refractivity contribution < 1.29 is 4.39 Å². The van der Waals surface area contributed by atoms with Gasteiger partial charge in [0.05, 0.1) is 0 Å². The molecule has 1 aromatic rings. The highest BCUT2D eigenvalue weighted by Crippen LogP contribution is 2.44. The molecule has 174 valence electrons. The standard InChI is InChI=1S/C30H42FN/c1-3-4-5-7-24-12-16-28(17-13-24)29-20-18-27(19-21-29)23(2)26-14-10-25(11-15-26)8-6-9-30(31)22-32/h9,12-13,16-17,25-27,29H,2-8,10-11,14-15,18-21H2,1H3. The van der Waals surface area contributed by atoms with Crippen molar-refractivity contribution in [3.8, 4) is 6.07 Å². The van der Waals surface area contributed by atoms with E-state index in [1.807, 2.05) is 0 Å². The number of rotatable bonds is 10. The summed E-state index contributed by atoms with van der Waals surface area (Å²) in [6.45, 7) is 6.84. The van der Waals surface area contributed by atoms with Crippen LogP contribution in [0.2, 0.25) is 0 Å². The molecule has 0 N–H and O–H groups in total. The molecule has 0 radical (unpaired) electrons. The molecule has 0 amide bonds. The van der Waals surface area contributed by atoms with Crippen LogP contribution in [0.3, 0.4) is 0 Å². The highest BCUT2D eigenvalue weighted by atomic mass is 19.1. The van der Waals surface area contributed by atoms with Gasteiger partial charge >= 0.3 is 0 Å². The van der Waals surface area contributed by atoms with Gasteiger partial charge in [0.2, 0.25) is 0 Å². The molecule has 32 heavy (non-hydrogen) atoms. The second-order valence-corrected chi connectivity index (χ2v) is 10.3. The van der Waals surface area contributed by atoms with Crippen molar-refractivity contribution in [2.45, 2.75) is 103 Å². The summed E-state index contributed by atoms with van der Waals surface area (Å²) >= 11 is 0. The van der Waals surface area contributed by atoms with Gasteiger partial charge in [0, 0.05) is 0 Å². The van der Waals surface area contributed by atoms with Crippen LogP contribution in [-0.2, 0) is 6.42 Å². The summed E-state index contributed by atoms with van der Waals surface area (Å²) in [6, 6.07) is 11.1. The quantitative estimate of drug-likeness (QED) is 0.204. The van der Waals surface area contributed by atoms with Crippen LogP contribution in [0.5, 0.6) is 0 Å². The van der Waals surface area contributed by atoms with Crippen molar-refractivity contribution in [1.29, 1.82) is 5.26 Å². The maximum atomic E-state index is 13.0. The average molecular weight is 436 g/mol. The largest absolute Gasteiger partial charge is 0.196 e. The predicted octanol–water partition coefficient (Wildman–Crippen LogP) is 9.21. The summed E-state index contributed by atoms with van der Waals surface area (Å²) in [7, 11) is 0. The van der Waals surface area contributed by atoms with Gasteiger partial charge in [-0.05, 0) is 118 Å². The van der Waals surface area contributed by atoms with E-state index >= 15 is 0 Å². The Hall–Kier alpha value is -1.88. The molecule has 1 aromatic carbocycles. The van der Waals surface area contributed by atoms with Gasteiger partial charge in [0.15, 0.2) is 5.83 Å². The zero-order chi connectivity index (χ0) is 22.8. The average Bonchev–Trinajstić information content (AvgIpc) is 2.84. The van der Waals surface area contributed by atoms with Crippen LogP contribution in [0.25, 0.3) is 0 Å². The lowest BCUT2D eigenvalue weighted by Crippen LogP contribution is -2.22. The van der Waals surface area contributed by atoms with Gasteiger partial charge in [-0.3, -0.25) is 0 Å². The molecule has 0 aliphatic heterocycles. The first-order chi connectivity index (χ1) is 15.6. The second kappa shape index (κ2) is 13.0. The summed E-state index contributed by atoms with van der Waals surface area (Å²) < 4.78 is 13.0. The summed E-state index contributed by atoms with van der Waals surface area (Å²) in [5, 5.41) is 8.52. The Bertz CT molecular complexity index is 768. The van der Waals surface area contributed by atoms with Gasteiger partial charge in [-0.2, -0.15) is 9.65 Å². The Morgan fingerprint density at radius 2 is 1.62 bits per heavy atom. The van der Waals surface area contributed by atoms with Crippen molar-refractivity contribution >= 4 is 0 Å². The summed E-state index contributed by atoms with van der Waals surface area (Å²) in [5.41, 5.74) is 4.55. The Morgan fingerprint density at radius 1 is 1.00 bits per heavy atom. The van der Waals surface area contributed by atoms with Crippen LogP contribution in [0, 0.1) is 29.1 Å². The van der Waals surface area contributed by atoms with E-state index in [2.05, 4.69) is 37.8 Å². The lowest BCUT2D eigenvalue weighted by molar-refractivity contribution is 0.260. The minimum atomic E-state index is -0.634. The Labute approximate surface area is 195 Å². The first kappa shape index (κ1) is 24.8. The van der Waals surface area contributed by atoms with Crippen LogP contribution < -0.4 is 0 Å². The Balaban J connectivity index is 1.39. The molecular formula is C30H42FN. The molecule has 0 spiro atoms. The van der Waals surface area contributed by atoms with E-state index in [0.717, 1.165) is 12.3 Å². The number of hydrogen-bond acceptors (Lipinski definition) is 1. The van der Waals surface area contributed by atoms with Crippen molar-refractivity contribution in [3.63, 3.8) is 0 Å². The van der Waals surface area contributed by atoms with Crippen molar-refractivity contribution in [2.24, 2.45) is 17.8 Å². The van der Waals surface area contributed by atoms with Crippen molar-refractivity contribution in [2.75, 3.05) is 0 Å². The maximum Gasteiger partial charge on any atom is 0.196 e. The maximum absolute atomic E-state index is 13.0. The molecule has 0 bridgehead atoms. The monoisotopic (exact) mass is 435 g/mol. The van der Waals surface area contributed by atoms with Crippen LogP contribution in [0.15, 0.2) is 48.3 Å². The summed E-state index contributed by atoms with van der Waals surface area (Å²) in [4.78, 5) is 0. The van der Waals surface area contributed by atoms with Crippen molar-refractivity contribution in [1.82, 2.24) is 0 Å². The zero-order valence-corrected chi connectivity index (χ0v) is 20.1. The van der Waals surface area contributed by atoms with Crippen LogP contribution in [-0.4, -0.2) is 0 Å². The number of allylic oxidation sites excluding steroid dienone is 3. The highest BCUT2D eigenvalue weighted by molar-refractivity contribution is 5.26. The normalized spacial score (nSPS) is 26.5. The lowest BCUT2D eigenvalue weighted by Gasteiger charge is -2.36. The summed E-state index contributed by atoms with van der Waals surface area (Å²) in [5.74, 6) is 2.16. The minimum absolute atomic E-state index is 0.634. The van der Waals surface area contributed by atoms with Crippen LogP contribution >= 0.6 is 0 Å². The smallest absolute Gasteiger partial charge is 0.195 e. The van der Waals surface area contributed by atoms with Gasteiger partial charge in [0.1, 0.15) is 6.07 Å². The molecule has 0 saturated heterocycles. The molecule has 0 heterocycles. The third kappa shape index (κ3) is 7.33. The van der Waals surface area contributed by atoms with Gasteiger partial charge in [-0.1, -0.05) is 56.2 Å². The number of unbranched alkanes of at least 4 members (excludes halogenated alkanes) is 2. The predicted molar refractivity (Wildman–Crippen MR) is 133 cm³/mol. The molecule has 2 fully saturated rings. The number of aryl methyl sites for hydroxylation is 1. The molecule has 0 atom stereocenters. The van der Waals surface area contributed by atoms with E-state index in [4.69, 9.17) is 5.26 Å². The van der Waals surface area contributed by atoms with E-state index < -0.39 is 5.83 Å². The van der Waals surface area contributed by atoms with E-state index in [1.165, 1.54) is 99.8 Å². The van der Waals surface area contributed by atoms with Gasteiger partial charge in [-0.25, -0.2) is 0 Å². The lowest BCUT2D eigenvalue weighted by atomic mass is 9.69. The van der Waals surface area contributed by atoms with Crippen LogP contribution in [0.1, 0.15) is 107 Å². The fraction of sp³-hybridized carbons (Fsp3) is 0.633. The van der Waals surface area contributed by atoms with Crippen molar-refractivity contribution in [3.05, 3.63) is 59.4 Å². The first-order valence-corrected chi connectivity index (χ1v) is 13.1. The van der Waals surface area contributed by atoms with Gasteiger partial charge in [0.25, 0.3) is 0 Å². The molecule has 0 unspecified atom stereocenters. The van der Waals surface area contributed by atoms with Crippen LogP contribution in [0.4, 0.5) is 4.39 Å². The molecule has 0 aromatic heterocycles. The van der Waals surface area contributed by atoms with E-state index in [-0.39, 0.29) is 0 Å². The third-order valence-electron chi connectivity index (χ3n) is 8.15. The minimum Gasteiger partial charge on any atom is -0.195 e. The second-order valence-electron chi connectivity index (χ2n) is 10.3. The molecule has 2 saturated carbocycles. The molecule has 2 aliphatic carbocycles. The molecule has 1 nitrogen and oxygen atoms in total. The number of halogens is 1. The van der Waals surface area contributed by atoms with E-state index in [0.29, 0.717) is 24.2 Å². The number of hydrogen-bond donors (Lipinski definition) is 0. The Kier molecular flexibility index (Phi) is 10.0. The third-order valence-corrected chi connectivity index (χ3v) is 8.15. The molecule has 2 aliphatic rings. The topological polar surface area (TPSA) is 23.8 Å². The molecule has 2 heteroatoms. The first-order valence-electron chi connectivity index (χ1n) is 13.1. The van der Waals surface area contributed by atoms with Gasteiger partial charge < -0.3 is 0 Å². The van der Waals surface area contributed by atoms with E-state index in [9.17, 15) is 4.39 Å². The fourth-order valence-electron chi connectivity index (χ4n) is 5.98. The number of nitriles is 1. The van der Waals surface area contributed by atoms with E-state index in [1.54, 1.807) is 6.07 Å². The highest BCUT2D eigenvalue weighted by Gasteiger charge is 2.29. The SMILES string of the molecule is C=C(C1CCC(CCC=C(F)C#N)CC1)C1CCC(c2ccc(CCCCC)cc2)CC1. The fourth-order valence-corrected chi connectivity index (χ4v) is 5.98. The number of benzene rings is 1. The zero-order valence-electron chi connectivity index (χ0n) is 20.1. The molecular weight excluding hydrogens is 393 g/mol. The van der Waals surface area contributed by atoms with Gasteiger partial charge in [-0.15, -0.1) is 0 Å². The molecule has 3 rings (SSSR count).